The second-order valence-corrected chi connectivity index (χ2v) is 4.40. The fraction of sp³-hybridized carbons (Fsp3) is 0.800. The number of ether oxygens (including phenoxy) is 1. The molecule has 1 nitrogen and oxygen atoms in total. The van der Waals surface area contributed by atoms with Gasteiger partial charge in [-0.2, -0.15) is 0 Å². The molecule has 74 valence electrons. The maximum atomic E-state index is 4.94. The number of hydrogen-bond acceptors (Lipinski definition) is 1. The smallest absolute Gasteiger partial charge is 0.0594 e. The molecule has 0 fully saturated rings. The van der Waals surface area contributed by atoms with Crippen molar-refractivity contribution in [3.63, 3.8) is 0 Å². The summed E-state index contributed by atoms with van der Waals surface area (Å²) in [5, 5.41) is 0.981. The standard InChI is InChI=1S/C5H9Br.C5H12O/c1-5(2)3-4-6;1-5(2,3)6-4/h3H,4H2,1-2H3;1-4H3. The number of alkyl halides is 1. The minimum atomic E-state index is 0.0417. The van der Waals surface area contributed by atoms with Crippen molar-refractivity contribution in [1.82, 2.24) is 0 Å². The fourth-order valence-corrected chi connectivity index (χ4v) is 0.802. The SMILES string of the molecule is CC(C)=CCBr.COC(C)(C)C. The average molecular weight is 237 g/mol. The van der Waals surface area contributed by atoms with E-state index in [0.29, 0.717) is 0 Å². The highest BCUT2D eigenvalue weighted by Crippen LogP contribution is 2.02. The van der Waals surface area contributed by atoms with Crippen molar-refractivity contribution in [3.05, 3.63) is 11.6 Å². The molecular weight excluding hydrogens is 216 g/mol. The van der Waals surface area contributed by atoms with Crippen LogP contribution in [0.4, 0.5) is 0 Å². The third-order valence-corrected chi connectivity index (χ3v) is 1.42. The average Bonchev–Trinajstić information content (AvgIpc) is 1.87. The van der Waals surface area contributed by atoms with Gasteiger partial charge in [0.25, 0.3) is 0 Å². The quantitative estimate of drug-likeness (QED) is 0.498. The largest absolute Gasteiger partial charge is 0.379 e. The molecule has 12 heavy (non-hydrogen) atoms. The van der Waals surface area contributed by atoms with Crippen molar-refractivity contribution in [2.75, 3.05) is 12.4 Å². The Morgan fingerprint density at radius 1 is 1.33 bits per heavy atom. The van der Waals surface area contributed by atoms with E-state index in [4.69, 9.17) is 4.74 Å². The minimum Gasteiger partial charge on any atom is -0.379 e. The van der Waals surface area contributed by atoms with Crippen LogP contribution in [0.5, 0.6) is 0 Å². The number of hydrogen-bond donors (Lipinski definition) is 0. The fourth-order valence-electron chi connectivity index (χ4n) is 0.154. The van der Waals surface area contributed by atoms with Gasteiger partial charge >= 0.3 is 0 Å². The van der Waals surface area contributed by atoms with Gasteiger partial charge in [0, 0.05) is 12.4 Å². The zero-order valence-electron chi connectivity index (χ0n) is 9.07. The van der Waals surface area contributed by atoms with Gasteiger partial charge in [-0.25, -0.2) is 0 Å². The minimum absolute atomic E-state index is 0.0417. The third-order valence-electron chi connectivity index (χ3n) is 1.10. The summed E-state index contributed by atoms with van der Waals surface area (Å²) < 4.78 is 4.94. The molecule has 0 aliphatic heterocycles. The summed E-state index contributed by atoms with van der Waals surface area (Å²) in [6.07, 6.45) is 2.12. The Hall–Kier alpha value is 0.180. The van der Waals surface area contributed by atoms with Crippen LogP contribution in [0, 0.1) is 0 Å². The van der Waals surface area contributed by atoms with Gasteiger partial charge in [0.15, 0.2) is 0 Å². The normalized spacial score (nSPS) is 9.92. The Morgan fingerprint density at radius 3 is 1.67 bits per heavy atom. The van der Waals surface area contributed by atoms with E-state index in [0.717, 1.165) is 5.33 Å². The van der Waals surface area contributed by atoms with Crippen LogP contribution in [-0.4, -0.2) is 18.0 Å². The first kappa shape index (κ1) is 14.7. The van der Waals surface area contributed by atoms with Gasteiger partial charge in [-0.1, -0.05) is 27.6 Å². The Kier molecular flexibility index (Phi) is 9.56. The summed E-state index contributed by atoms with van der Waals surface area (Å²) in [6, 6.07) is 0. The molecule has 0 spiro atoms. The molecule has 0 aromatic carbocycles. The Bertz CT molecular complexity index is 118. The van der Waals surface area contributed by atoms with E-state index < -0.39 is 0 Å². The summed E-state index contributed by atoms with van der Waals surface area (Å²) in [5.41, 5.74) is 1.41. The first-order valence-corrected chi connectivity index (χ1v) is 5.20. The Morgan fingerprint density at radius 2 is 1.67 bits per heavy atom. The molecule has 0 rings (SSSR count). The summed E-state index contributed by atoms with van der Waals surface area (Å²) in [7, 11) is 1.71. The molecule has 0 unspecified atom stereocenters. The van der Waals surface area contributed by atoms with Crippen molar-refractivity contribution in [1.29, 1.82) is 0 Å². The van der Waals surface area contributed by atoms with Crippen LogP contribution in [0.15, 0.2) is 11.6 Å². The molecule has 0 saturated heterocycles. The van der Waals surface area contributed by atoms with Crippen LogP contribution in [0.25, 0.3) is 0 Å². The molecule has 0 bridgehead atoms. The highest BCUT2D eigenvalue weighted by molar-refractivity contribution is 9.09. The van der Waals surface area contributed by atoms with Crippen LogP contribution >= 0.6 is 15.9 Å². The van der Waals surface area contributed by atoms with Crippen LogP contribution < -0.4 is 0 Å². The van der Waals surface area contributed by atoms with Crippen LogP contribution in [0.1, 0.15) is 34.6 Å². The van der Waals surface area contributed by atoms with E-state index in [1.165, 1.54) is 5.57 Å². The molecular formula is C10H21BrO. The lowest BCUT2D eigenvalue weighted by Crippen LogP contribution is -2.15. The predicted octanol–water partition coefficient (Wildman–Crippen LogP) is 3.78. The first-order chi connectivity index (χ1) is 5.33. The van der Waals surface area contributed by atoms with Crippen LogP contribution in [-0.2, 0) is 4.74 Å². The summed E-state index contributed by atoms with van der Waals surface area (Å²) in [4.78, 5) is 0. The third kappa shape index (κ3) is 22.5. The van der Waals surface area contributed by atoms with Crippen molar-refractivity contribution >= 4 is 15.9 Å². The maximum Gasteiger partial charge on any atom is 0.0594 e. The van der Waals surface area contributed by atoms with E-state index in [2.05, 4.69) is 35.9 Å². The summed E-state index contributed by atoms with van der Waals surface area (Å²) in [6.45, 7) is 10.2. The van der Waals surface area contributed by atoms with E-state index in [1.54, 1.807) is 7.11 Å². The monoisotopic (exact) mass is 236 g/mol. The molecule has 0 aliphatic rings. The Labute approximate surface area is 85.3 Å². The highest BCUT2D eigenvalue weighted by atomic mass is 79.9. The zero-order chi connectivity index (χ0) is 10.2. The second kappa shape index (κ2) is 7.81. The van der Waals surface area contributed by atoms with Crippen molar-refractivity contribution in [3.8, 4) is 0 Å². The summed E-state index contributed by atoms with van der Waals surface area (Å²) >= 11 is 3.27. The molecule has 0 saturated carbocycles. The van der Waals surface area contributed by atoms with Gasteiger partial charge in [-0.15, -0.1) is 0 Å². The molecule has 0 N–H and O–H groups in total. The second-order valence-electron chi connectivity index (χ2n) is 3.75. The molecule has 0 amide bonds. The zero-order valence-corrected chi connectivity index (χ0v) is 10.7. The lowest BCUT2D eigenvalue weighted by Gasteiger charge is -2.14. The van der Waals surface area contributed by atoms with Crippen molar-refractivity contribution < 1.29 is 4.74 Å². The molecule has 0 heterocycles. The maximum absolute atomic E-state index is 4.94. The van der Waals surface area contributed by atoms with E-state index >= 15 is 0 Å². The van der Waals surface area contributed by atoms with Gasteiger partial charge in [0.1, 0.15) is 0 Å². The highest BCUT2D eigenvalue weighted by Gasteiger charge is 2.03. The molecule has 0 aliphatic carbocycles. The van der Waals surface area contributed by atoms with Gasteiger partial charge < -0.3 is 4.74 Å². The summed E-state index contributed by atoms with van der Waals surface area (Å²) in [5.74, 6) is 0. The van der Waals surface area contributed by atoms with Gasteiger partial charge in [-0.3, -0.25) is 0 Å². The van der Waals surface area contributed by atoms with Crippen molar-refractivity contribution in [2.45, 2.75) is 40.2 Å². The topological polar surface area (TPSA) is 9.23 Å². The molecule has 0 atom stereocenters. The predicted molar refractivity (Wildman–Crippen MR) is 60.0 cm³/mol. The van der Waals surface area contributed by atoms with Crippen molar-refractivity contribution in [2.24, 2.45) is 0 Å². The lowest BCUT2D eigenvalue weighted by atomic mass is 10.2. The van der Waals surface area contributed by atoms with Crippen LogP contribution in [0.3, 0.4) is 0 Å². The molecule has 2 heteroatoms. The van der Waals surface area contributed by atoms with E-state index in [9.17, 15) is 0 Å². The van der Waals surface area contributed by atoms with E-state index in [1.807, 2.05) is 20.8 Å². The number of methoxy groups -OCH3 is 1. The molecule has 0 aromatic heterocycles. The van der Waals surface area contributed by atoms with Gasteiger partial charge in [0.05, 0.1) is 5.60 Å². The van der Waals surface area contributed by atoms with Gasteiger partial charge in [0.2, 0.25) is 0 Å². The number of halogens is 1. The number of allylic oxidation sites excluding steroid dienone is 2. The van der Waals surface area contributed by atoms with E-state index in [-0.39, 0.29) is 5.60 Å². The number of rotatable bonds is 1. The molecule has 0 aromatic rings. The van der Waals surface area contributed by atoms with Crippen LogP contribution in [0.2, 0.25) is 0 Å². The Balaban J connectivity index is 0. The lowest BCUT2D eigenvalue weighted by molar-refractivity contribution is 0.0397. The van der Waals surface area contributed by atoms with Gasteiger partial charge in [-0.05, 0) is 34.6 Å². The molecule has 0 radical (unpaired) electrons. The first-order valence-electron chi connectivity index (χ1n) is 4.08.